The molecule has 1 aliphatic rings. The van der Waals surface area contributed by atoms with Gasteiger partial charge in [0.05, 0.1) is 5.69 Å². The van der Waals surface area contributed by atoms with Gasteiger partial charge in [0, 0.05) is 45.4 Å². The Morgan fingerprint density at radius 1 is 1.44 bits per heavy atom. The van der Waals surface area contributed by atoms with Crippen molar-refractivity contribution in [3.63, 3.8) is 0 Å². The van der Waals surface area contributed by atoms with Gasteiger partial charge < -0.3 is 14.8 Å². The normalized spacial score (nSPS) is 18.8. The molecule has 1 aromatic heterocycles. The van der Waals surface area contributed by atoms with Gasteiger partial charge in [0.2, 0.25) is 0 Å². The molecular weight excluding hydrogens is 230 g/mol. The van der Waals surface area contributed by atoms with Gasteiger partial charge >= 0.3 is 0 Å². The molecule has 5 heteroatoms. The predicted octanol–water partition coefficient (Wildman–Crippen LogP) is 1.24. The first kappa shape index (κ1) is 13.4. The van der Waals surface area contributed by atoms with E-state index in [1.165, 1.54) is 0 Å². The summed E-state index contributed by atoms with van der Waals surface area (Å²) >= 11 is 0. The molecule has 1 fully saturated rings. The van der Waals surface area contributed by atoms with Crippen molar-refractivity contribution in [3.05, 3.63) is 23.8 Å². The molecule has 100 valence electrons. The van der Waals surface area contributed by atoms with E-state index in [9.17, 15) is 0 Å². The van der Waals surface area contributed by atoms with Gasteiger partial charge in [0.15, 0.2) is 5.82 Å². The van der Waals surface area contributed by atoms with Crippen molar-refractivity contribution < 1.29 is 9.47 Å². The number of hydrogen-bond acceptors (Lipinski definition) is 5. The van der Waals surface area contributed by atoms with Gasteiger partial charge in [-0.1, -0.05) is 0 Å². The summed E-state index contributed by atoms with van der Waals surface area (Å²) in [7, 11) is 1.91. The summed E-state index contributed by atoms with van der Waals surface area (Å²) in [4.78, 5) is 9.04. The average Bonchev–Trinajstić information content (AvgIpc) is 2.41. The Balaban J connectivity index is 2.26. The van der Waals surface area contributed by atoms with Crippen LogP contribution in [0.15, 0.2) is 12.3 Å². The molecule has 1 saturated heterocycles. The molecule has 0 aromatic carbocycles. The molecule has 0 radical (unpaired) electrons. The molecule has 2 heterocycles. The second-order valence-electron chi connectivity index (χ2n) is 4.44. The summed E-state index contributed by atoms with van der Waals surface area (Å²) in [5, 5.41) is 3.10. The van der Waals surface area contributed by atoms with E-state index in [1.807, 2.05) is 26.2 Å². The molecule has 18 heavy (non-hydrogen) atoms. The fourth-order valence-corrected chi connectivity index (χ4v) is 2.31. The highest BCUT2D eigenvalue weighted by Gasteiger charge is 2.38. The topological polar surface area (TPSA) is 56.3 Å². The summed E-state index contributed by atoms with van der Waals surface area (Å²) in [5.41, 5.74) is 0.629. The Morgan fingerprint density at radius 3 is 2.89 bits per heavy atom. The Bertz CT molecular complexity index is 373. The maximum absolute atomic E-state index is 5.96. The first-order valence-electron chi connectivity index (χ1n) is 6.49. The Hall–Kier alpha value is -1.04. The van der Waals surface area contributed by atoms with Gasteiger partial charge in [-0.05, 0) is 20.0 Å². The van der Waals surface area contributed by atoms with Crippen molar-refractivity contribution in [1.29, 1.82) is 0 Å². The van der Waals surface area contributed by atoms with Gasteiger partial charge in [-0.2, -0.15) is 0 Å². The number of nitrogens with one attached hydrogen (secondary N) is 1. The Morgan fingerprint density at radius 2 is 2.22 bits per heavy atom. The quantitative estimate of drug-likeness (QED) is 0.853. The number of hydrogen-bond donors (Lipinski definition) is 1. The maximum Gasteiger partial charge on any atom is 0.160 e. The van der Waals surface area contributed by atoms with E-state index >= 15 is 0 Å². The highest BCUT2D eigenvalue weighted by molar-refractivity contribution is 5.09. The molecule has 0 amide bonds. The van der Waals surface area contributed by atoms with Crippen LogP contribution < -0.4 is 5.32 Å². The van der Waals surface area contributed by atoms with Crippen LogP contribution in [0.4, 0.5) is 0 Å². The molecule has 0 unspecified atom stereocenters. The van der Waals surface area contributed by atoms with Crippen LogP contribution in [0.5, 0.6) is 0 Å². The van der Waals surface area contributed by atoms with Crippen LogP contribution in [0.2, 0.25) is 0 Å². The monoisotopic (exact) mass is 251 g/mol. The van der Waals surface area contributed by atoms with Crippen LogP contribution >= 0.6 is 0 Å². The molecule has 1 aromatic rings. The largest absolute Gasteiger partial charge is 0.381 e. The summed E-state index contributed by atoms with van der Waals surface area (Å²) in [6, 6.07) is 1.93. The van der Waals surface area contributed by atoms with E-state index < -0.39 is 0 Å². The van der Waals surface area contributed by atoms with E-state index in [2.05, 4.69) is 15.3 Å². The minimum Gasteiger partial charge on any atom is -0.381 e. The highest BCUT2D eigenvalue weighted by Crippen LogP contribution is 2.33. The van der Waals surface area contributed by atoms with Crippen molar-refractivity contribution in [2.24, 2.45) is 0 Å². The van der Waals surface area contributed by atoms with Gasteiger partial charge in [0.1, 0.15) is 5.60 Å². The first-order chi connectivity index (χ1) is 8.80. The molecule has 0 aliphatic carbocycles. The van der Waals surface area contributed by atoms with E-state index in [0.29, 0.717) is 19.8 Å². The van der Waals surface area contributed by atoms with Crippen molar-refractivity contribution in [1.82, 2.24) is 15.3 Å². The lowest BCUT2D eigenvalue weighted by Gasteiger charge is -2.35. The third-order valence-corrected chi connectivity index (χ3v) is 3.20. The standard InChI is InChI=1S/C13H21N3O2/c1-3-18-13(5-8-17-9-6-13)12-15-7-4-11(16-12)10-14-2/h4,7,14H,3,5-6,8-10H2,1-2H3. The van der Waals surface area contributed by atoms with E-state index in [1.54, 1.807) is 0 Å². The zero-order valence-corrected chi connectivity index (χ0v) is 11.1. The van der Waals surface area contributed by atoms with Gasteiger partial charge in [-0.15, -0.1) is 0 Å². The molecule has 1 aliphatic heterocycles. The summed E-state index contributed by atoms with van der Waals surface area (Å²) in [6.45, 7) is 4.84. The Kier molecular flexibility index (Phi) is 4.63. The lowest BCUT2D eigenvalue weighted by molar-refractivity contribution is -0.118. The smallest absolute Gasteiger partial charge is 0.160 e. The van der Waals surface area contributed by atoms with Crippen LogP contribution in [0, 0.1) is 0 Å². The lowest BCUT2D eigenvalue weighted by Crippen LogP contribution is -2.38. The number of ether oxygens (including phenoxy) is 2. The fraction of sp³-hybridized carbons (Fsp3) is 0.692. The van der Waals surface area contributed by atoms with Crippen molar-refractivity contribution in [3.8, 4) is 0 Å². The second kappa shape index (κ2) is 6.22. The van der Waals surface area contributed by atoms with Gasteiger partial charge in [-0.25, -0.2) is 9.97 Å². The van der Waals surface area contributed by atoms with E-state index in [4.69, 9.17) is 9.47 Å². The van der Waals surface area contributed by atoms with Crippen LogP contribution in [0.1, 0.15) is 31.3 Å². The Labute approximate surface area is 108 Å². The SMILES string of the molecule is CCOC1(c2nccc(CNC)n2)CCOCC1. The third kappa shape index (κ3) is 2.85. The third-order valence-electron chi connectivity index (χ3n) is 3.20. The van der Waals surface area contributed by atoms with Crippen molar-refractivity contribution in [2.75, 3.05) is 26.9 Å². The summed E-state index contributed by atoms with van der Waals surface area (Å²) < 4.78 is 11.4. The predicted molar refractivity (Wildman–Crippen MR) is 68.2 cm³/mol. The molecule has 2 rings (SSSR count). The zero-order valence-electron chi connectivity index (χ0n) is 11.1. The molecule has 0 spiro atoms. The molecule has 0 saturated carbocycles. The number of aromatic nitrogens is 2. The van der Waals surface area contributed by atoms with Crippen LogP contribution in [0.25, 0.3) is 0 Å². The van der Waals surface area contributed by atoms with Crippen LogP contribution in [-0.2, 0) is 21.6 Å². The molecule has 5 nitrogen and oxygen atoms in total. The highest BCUT2D eigenvalue weighted by atomic mass is 16.5. The fourth-order valence-electron chi connectivity index (χ4n) is 2.31. The average molecular weight is 251 g/mol. The minimum absolute atomic E-state index is 0.364. The zero-order chi connectivity index (χ0) is 12.8. The molecule has 1 N–H and O–H groups in total. The van der Waals surface area contributed by atoms with Gasteiger partial charge in [-0.3, -0.25) is 0 Å². The van der Waals surface area contributed by atoms with E-state index in [-0.39, 0.29) is 5.60 Å². The van der Waals surface area contributed by atoms with Gasteiger partial charge in [0.25, 0.3) is 0 Å². The number of rotatable bonds is 5. The minimum atomic E-state index is -0.364. The molecular formula is C13H21N3O2. The van der Waals surface area contributed by atoms with Crippen LogP contribution in [-0.4, -0.2) is 36.8 Å². The van der Waals surface area contributed by atoms with Crippen LogP contribution in [0.3, 0.4) is 0 Å². The molecule has 0 atom stereocenters. The number of nitrogens with zero attached hydrogens (tertiary/aromatic N) is 2. The maximum atomic E-state index is 5.96. The summed E-state index contributed by atoms with van der Waals surface area (Å²) in [6.07, 6.45) is 3.46. The molecule has 0 bridgehead atoms. The van der Waals surface area contributed by atoms with E-state index in [0.717, 1.165) is 30.9 Å². The second-order valence-corrected chi connectivity index (χ2v) is 4.44. The first-order valence-corrected chi connectivity index (χ1v) is 6.49. The lowest BCUT2D eigenvalue weighted by atomic mass is 9.93. The summed E-state index contributed by atoms with van der Waals surface area (Å²) in [5.74, 6) is 0.792. The van der Waals surface area contributed by atoms with Crippen molar-refractivity contribution >= 4 is 0 Å². The van der Waals surface area contributed by atoms with Crippen molar-refractivity contribution in [2.45, 2.75) is 31.9 Å².